The van der Waals surface area contributed by atoms with Gasteiger partial charge in [0.2, 0.25) is 5.91 Å². The highest BCUT2D eigenvalue weighted by atomic mass is 35.5. The van der Waals surface area contributed by atoms with E-state index in [1.54, 1.807) is 23.6 Å². The Hall–Kier alpha value is -2.13. The zero-order valence-electron chi connectivity index (χ0n) is 17.1. The quantitative estimate of drug-likeness (QED) is 0.504. The lowest BCUT2D eigenvalue weighted by atomic mass is 9.92. The number of halogens is 2. The van der Waals surface area contributed by atoms with Crippen molar-refractivity contribution in [2.75, 3.05) is 12.3 Å². The van der Waals surface area contributed by atoms with Gasteiger partial charge in [-0.15, -0.1) is 11.3 Å². The minimum Gasteiger partial charge on any atom is -0.352 e. The Labute approximate surface area is 200 Å². The Bertz CT molecular complexity index is 1270. The van der Waals surface area contributed by atoms with Gasteiger partial charge in [0.05, 0.1) is 18.4 Å². The predicted molar refractivity (Wildman–Crippen MR) is 128 cm³/mol. The van der Waals surface area contributed by atoms with E-state index in [0.717, 1.165) is 53.0 Å². The highest BCUT2D eigenvalue weighted by Crippen LogP contribution is 2.32. The van der Waals surface area contributed by atoms with E-state index < -0.39 is 21.5 Å². The summed E-state index contributed by atoms with van der Waals surface area (Å²) in [6, 6.07) is 8.56. The van der Waals surface area contributed by atoms with Crippen LogP contribution in [0.5, 0.6) is 0 Å². The maximum absolute atomic E-state index is 12.3. The van der Waals surface area contributed by atoms with Gasteiger partial charge in [0, 0.05) is 16.6 Å². The number of thiophene rings is 1. The number of aryl methyl sites for hydroxylation is 1. The van der Waals surface area contributed by atoms with Crippen LogP contribution in [0.1, 0.15) is 29.7 Å². The van der Waals surface area contributed by atoms with Crippen LogP contribution < -0.4 is 5.32 Å². The molecule has 168 valence electrons. The molecule has 0 saturated carbocycles. The molecule has 0 aliphatic heterocycles. The fourth-order valence-corrected chi connectivity index (χ4v) is 6.44. The Morgan fingerprint density at radius 2 is 2.09 bits per heavy atom. The Morgan fingerprint density at radius 1 is 1.25 bits per heavy atom. The van der Waals surface area contributed by atoms with Crippen molar-refractivity contribution < 1.29 is 13.2 Å². The summed E-state index contributed by atoms with van der Waals surface area (Å²) in [5.74, 6) is -1.08. The number of carbonyl (C=O) groups excluding carboxylic acids is 1. The molecule has 0 saturated heterocycles. The van der Waals surface area contributed by atoms with Gasteiger partial charge in [-0.3, -0.25) is 9.48 Å². The molecule has 1 aliphatic rings. The monoisotopic (exact) mass is 509 g/mol. The van der Waals surface area contributed by atoms with Crippen LogP contribution in [0.15, 0.2) is 52.2 Å². The number of hydrogen-bond acceptors (Lipinski definition) is 5. The van der Waals surface area contributed by atoms with Crippen molar-refractivity contribution in [2.24, 2.45) is 0 Å². The van der Waals surface area contributed by atoms with Crippen LogP contribution in [0.25, 0.3) is 5.57 Å². The molecule has 0 atom stereocenters. The third-order valence-electron chi connectivity index (χ3n) is 5.22. The molecule has 0 radical (unpaired) electrons. The fourth-order valence-electron chi connectivity index (χ4n) is 3.72. The average molecular weight is 510 g/mol. The zero-order valence-corrected chi connectivity index (χ0v) is 20.2. The molecule has 0 unspecified atom stereocenters. The van der Waals surface area contributed by atoms with Gasteiger partial charge in [-0.1, -0.05) is 41.4 Å². The minimum absolute atomic E-state index is 0.202. The summed E-state index contributed by atoms with van der Waals surface area (Å²) in [7, 11) is -3.61. The van der Waals surface area contributed by atoms with Gasteiger partial charge in [0.25, 0.3) is 0 Å². The van der Waals surface area contributed by atoms with Crippen molar-refractivity contribution in [2.45, 2.75) is 30.0 Å². The lowest BCUT2D eigenvalue weighted by Gasteiger charge is -2.18. The smallest absolute Gasteiger partial charge is 0.235 e. The molecular formula is C22H21Cl2N3O3S2. The van der Waals surface area contributed by atoms with Crippen LogP contribution >= 0.6 is 34.5 Å². The molecule has 2 heterocycles. The number of amides is 1. The largest absolute Gasteiger partial charge is 0.352 e. The average Bonchev–Trinajstić information content (AvgIpc) is 3.41. The molecule has 3 aromatic rings. The van der Waals surface area contributed by atoms with Crippen molar-refractivity contribution in [3.8, 4) is 0 Å². The topological polar surface area (TPSA) is 81.1 Å². The summed E-state index contributed by atoms with van der Waals surface area (Å²) >= 11 is 13.4. The van der Waals surface area contributed by atoms with Gasteiger partial charge in [-0.05, 0) is 59.5 Å². The molecular weight excluding hydrogens is 489 g/mol. The maximum Gasteiger partial charge on any atom is 0.235 e. The van der Waals surface area contributed by atoms with E-state index in [0.29, 0.717) is 16.6 Å². The van der Waals surface area contributed by atoms with E-state index in [1.165, 1.54) is 6.07 Å². The van der Waals surface area contributed by atoms with Crippen LogP contribution in [-0.2, 0) is 27.6 Å². The molecule has 1 aliphatic carbocycles. The van der Waals surface area contributed by atoms with Gasteiger partial charge >= 0.3 is 0 Å². The van der Waals surface area contributed by atoms with Crippen LogP contribution in [0, 0.1) is 0 Å². The predicted octanol–water partition coefficient (Wildman–Crippen LogP) is 4.61. The van der Waals surface area contributed by atoms with Crippen molar-refractivity contribution in [1.82, 2.24) is 15.1 Å². The van der Waals surface area contributed by atoms with Gasteiger partial charge in [-0.2, -0.15) is 5.10 Å². The molecule has 0 spiro atoms. The number of aromatic nitrogens is 2. The molecule has 6 nitrogen and oxygen atoms in total. The Kier molecular flexibility index (Phi) is 7.05. The summed E-state index contributed by atoms with van der Waals surface area (Å²) in [6.07, 6.45) is 6.60. The number of benzene rings is 1. The summed E-state index contributed by atoms with van der Waals surface area (Å²) in [6.45, 7) is 0.758. The number of carbonyl (C=O) groups is 1. The summed E-state index contributed by atoms with van der Waals surface area (Å²) in [5.41, 5.74) is 4.18. The molecule has 0 fully saturated rings. The van der Waals surface area contributed by atoms with E-state index in [2.05, 4.69) is 10.4 Å². The van der Waals surface area contributed by atoms with Gasteiger partial charge in [0.1, 0.15) is 9.96 Å². The number of allylic oxidation sites excluding steroid dienone is 1. The van der Waals surface area contributed by atoms with Crippen LogP contribution in [0.2, 0.25) is 10.0 Å². The molecule has 1 aromatic carbocycles. The van der Waals surface area contributed by atoms with Gasteiger partial charge < -0.3 is 5.32 Å². The first-order chi connectivity index (χ1) is 15.3. The molecule has 1 amide bonds. The lowest BCUT2D eigenvalue weighted by Crippen LogP contribution is -2.30. The van der Waals surface area contributed by atoms with Crippen molar-refractivity contribution >= 4 is 55.9 Å². The fraction of sp³-hybridized carbons (Fsp3) is 0.273. The summed E-state index contributed by atoms with van der Waals surface area (Å²) < 4.78 is 26.7. The second kappa shape index (κ2) is 9.79. The highest BCUT2D eigenvalue weighted by Gasteiger charge is 2.22. The third-order valence-corrected chi connectivity index (χ3v) is 8.91. The number of hydrogen-bond donors (Lipinski definition) is 1. The second-order valence-electron chi connectivity index (χ2n) is 7.49. The highest BCUT2D eigenvalue weighted by molar-refractivity contribution is 7.94. The Morgan fingerprint density at radius 3 is 2.84 bits per heavy atom. The molecule has 0 bridgehead atoms. The number of fused-ring (bicyclic) bond motifs is 1. The zero-order chi connectivity index (χ0) is 22.7. The number of sulfone groups is 1. The van der Waals surface area contributed by atoms with Crippen LogP contribution in [0.3, 0.4) is 0 Å². The second-order valence-corrected chi connectivity index (χ2v) is 11.5. The summed E-state index contributed by atoms with van der Waals surface area (Å²) in [4.78, 5) is 12.2. The molecule has 32 heavy (non-hydrogen) atoms. The minimum atomic E-state index is -3.61. The maximum atomic E-state index is 12.3. The SMILES string of the molecule is O=C(CS(=O)(=O)c1cccs1)NC/C=C1\CCCc2cnn(Cc3ccc(Cl)cc3Cl)c21. The van der Waals surface area contributed by atoms with Crippen LogP contribution in [0.4, 0.5) is 0 Å². The Balaban J connectivity index is 1.46. The van der Waals surface area contributed by atoms with E-state index >= 15 is 0 Å². The van der Waals surface area contributed by atoms with Gasteiger partial charge in [0.15, 0.2) is 9.84 Å². The van der Waals surface area contributed by atoms with Crippen LogP contribution in [-0.4, -0.2) is 36.4 Å². The standard InChI is InChI=1S/C22H21Cl2N3O3S2/c23-18-7-6-17(19(24)11-18)13-27-22-15(3-1-4-16(22)12-26-27)8-9-25-20(28)14-32(29,30)21-5-2-10-31-21/h2,5-8,10-12H,1,3-4,9,13-14H2,(H,25,28)/b15-8+. The van der Waals surface area contributed by atoms with Crippen molar-refractivity contribution in [1.29, 1.82) is 0 Å². The number of nitrogens with zero attached hydrogens (tertiary/aromatic N) is 2. The van der Waals surface area contributed by atoms with E-state index in [1.807, 2.05) is 23.0 Å². The molecule has 4 rings (SSSR count). The molecule has 1 N–H and O–H groups in total. The first-order valence-corrected chi connectivity index (χ1v) is 13.3. The van der Waals surface area contributed by atoms with Crippen molar-refractivity contribution in [3.05, 3.63) is 74.9 Å². The number of rotatable bonds is 7. The normalized spacial score (nSPS) is 15.0. The first-order valence-electron chi connectivity index (χ1n) is 10.0. The first kappa shape index (κ1) is 23.0. The number of nitrogens with one attached hydrogen (secondary N) is 1. The molecule has 2 aromatic heterocycles. The lowest BCUT2D eigenvalue weighted by molar-refractivity contribution is -0.118. The van der Waals surface area contributed by atoms with Crippen molar-refractivity contribution in [3.63, 3.8) is 0 Å². The molecule has 10 heteroatoms. The summed E-state index contributed by atoms with van der Waals surface area (Å²) in [5, 5.41) is 10.1. The van der Waals surface area contributed by atoms with E-state index in [9.17, 15) is 13.2 Å². The van der Waals surface area contributed by atoms with Gasteiger partial charge in [-0.25, -0.2) is 8.42 Å². The van der Waals surface area contributed by atoms with E-state index in [4.69, 9.17) is 23.2 Å². The third kappa shape index (κ3) is 5.26. The van der Waals surface area contributed by atoms with E-state index in [-0.39, 0.29) is 10.8 Å².